The van der Waals surface area contributed by atoms with Crippen molar-refractivity contribution in [1.29, 1.82) is 0 Å². The van der Waals surface area contributed by atoms with Crippen LogP contribution in [0, 0.1) is 5.41 Å². The monoisotopic (exact) mass is 311 g/mol. The van der Waals surface area contributed by atoms with E-state index in [-0.39, 0.29) is 5.41 Å². The van der Waals surface area contributed by atoms with Crippen LogP contribution in [0.4, 0.5) is 0 Å². The quantitative estimate of drug-likeness (QED) is 0.244. The number of hydrogen-bond donors (Lipinski definition) is 1. The van der Waals surface area contributed by atoms with Crippen molar-refractivity contribution in [3.05, 3.63) is 12.3 Å². The van der Waals surface area contributed by atoms with Gasteiger partial charge < -0.3 is 10.1 Å². The molecule has 0 unspecified atom stereocenters. The smallest absolute Gasteiger partial charge is 0.0944 e. The molecule has 14 heavy (non-hydrogen) atoms. The van der Waals surface area contributed by atoms with Gasteiger partial charge in [-0.1, -0.05) is 49.9 Å². The van der Waals surface area contributed by atoms with Crippen LogP contribution in [0.15, 0.2) is 12.3 Å². The molecule has 0 aromatic carbocycles. The Hall–Kier alpha value is 0.230. The number of rotatable bonds is 8. The predicted octanol–water partition coefficient (Wildman–Crippen LogP) is 3.33. The fourth-order valence-electron chi connectivity index (χ4n) is 1.03. The van der Waals surface area contributed by atoms with E-state index in [0.29, 0.717) is 0 Å². The molecule has 0 aromatic rings. The highest BCUT2D eigenvalue weighted by Crippen LogP contribution is 2.29. The lowest BCUT2D eigenvalue weighted by atomic mass is 9.87. The van der Waals surface area contributed by atoms with Gasteiger partial charge in [-0.3, -0.25) is 0 Å². The van der Waals surface area contributed by atoms with E-state index in [1.165, 1.54) is 0 Å². The molecule has 2 nitrogen and oxygen atoms in total. The molecule has 0 rings (SSSR count). The van der Waals surface area contributed by atoms with Crippen molar-refractivity contribution >= 4 is 22.6 Å². The summed E-state index contributed by atoms with van der Waals surface area (Å²) in [7, 11) is 0. The van der Waals surface area contributed by atoms with E-state index in [9.17, 15) is 0 Å². The molecule has 0 aliphatic rings. The molecule has 0 aromatic heterocycles. The van der Waals surface area contributed by atoms with Crippen LogP contribution in [0.3, 0.4) is 0 Å². The first-order valence-corrected chi connectivity index (χ1v) is 6.66. The van der Waals surface area contributed by atoms with E-state index < -0.39 is 0 Å². The number of alkyl halides is 1. The lowest BCUT2D eigenvalue weighted by Gasteiger charge is -2.27. The summed E-state index contributed by atoms with van der Waals surface area (Å²) in [5, 5.41) is 3.31. The van der Waals surface area contributed by atoms with Crippen LogP contribution in [0.25, 0.3) is 0 Å². The molecule has 0 heterocycles. The number of allylic oxidation sites excluding steroid dienone is 1. The van der Waals surface area contributed by atoms with Crippen LogP contribution >= 0.6 is 22.6 Å². The van der Waals surface area contributed by atoms with Crippen LogP contribution in [-0.4, -0.2) is 17.7 Å². The number of ether oxygens (including phenoxy) is 1. The van der Waals surface area contributed by atoms with Crippen molar-refractivity contribution in [3.63, 3.8) is 0 Å². The van der Waals surface area contributed by atoms with Gasteiger partial charge in [-0.15, -0.1) is 0 Å². The molecular weight excluding hydrogens is 289 g/mol. The fraction of sp³-hybridized carbons (Fsp3) is 0.818. The van der Waals surface area contributed by atoms with Gasteiger partial charge in [0.25, 0.3) is 0 Å². The maximum Gasteiger partial charge on any atom is 0.0944 e. The second-order valence-corrected chi connectivity index (χ2v) is 4.80. The van der Waals surface area contributed by atoms with Gasteiger partial charge in [0.1, 0.15) is 0 Å². The zero-order valence-corrected chi connectivity index (χ0v) is 11.7. The van der Waals surface area contributed by atoms with Gasteiger partial charge in [-0.05, 0) is 19.4 Å². The normalized spacial score (nSPS) is 11.4. The Bertz CT molecular complexity index is 169. The number of hydrogen-bond acceptors (Lipinski definition) is 2. The highest BCUT2D eigenvalue weighted by Gasteiger charge is 2.22. The molecule has 0 saturated heterocycles. The van der Waals surface area contributed by atoms with E-state index in [0.717, 1.165) is 36.3 Å². The molecule has 0 aliphatic carbocycles. The summed E-state index contributed by atoms with van der Waals surface area (Å²) in [5.41, 5.74) is 0.0774. The van der Waals surface area contributed by atoms with Crippen molar-refractivity contribution < 1.29 is 4.74 Å². The Morgan fingerprint density at radius 3 is 2.64 bits per heavy atom. The van der Waals surface area contributed by atoms with Crippen molar-refractivity contribution in [2.24, 2.45) is 5.41 Å². The standard InChI is InChI=1S/C11H22INO/c1-5-8-14-10(2)11(3,4)6-7-13-9-12/h13H,2,5-9H2,1,3-4H3. The molecule has 0 spiro atoms. The molecule has 0 amide bonds. The molecule has 0 saturated carbocycles. The summed E-state index contributed by atoms with van der Waals surface area (Å²) in [5.74, 6) is 0.912. The average Bonchev–Trinajstić information content (AvgIpc) is 2.14. The minimum Gasteiger partial charge on any atom is -0.498 e. The summed E-state index contributed by atoms with van der Waals surface area (Å²) in [4.78, 5) is 0. The lowest BCUT2D eigenvalue weighted by molar-refractivity contribution is 0.140. The first-order chi connectivity index (χ1) is 6.54. The maximum absolute atomic E-state index is 5.56. The molecule has 0 atom stereocenters. The third-order valence-electron chi connectivity index (χ3n) is 2.26. The minimum absolute atomic E-state index is 0.0774. The zero-order valence-electron chi connectivity index (χ0n) is 9.53. The Morgan fingerprint density at radius 2 is 2.14 bits per heavy atom. The molecule has 0 aliphatic heterocycles. The molecule has 0 bridgehead atoms. The van der Waals surface area contributed by atoms with E-state index in [1.54, 1.807) is 0 Å². The topological polar surface area (TPSA) is 21.3 Å². The number of nitrogens with one attached hydrogen (secondary N) is 1. The van der Waals surface area contributed by atoms with E-state index in [1.807, 2.05) is 0 Å². The third-order valence-corrected chi connectivity index (χ3v) is 2.80. The Kier molecular flexibility index (Phi) is 7.64. The van der Waals surface area contributed by atoms with Gasteiger partial charge in [0, 0.05) is 9.97 Å². The average molecular weight is 311 g/mol. The first kappa shape index (κ1) is 14.2. The highest BCUT2D eigenvalue weighted by atomic mass is 127. The molecule has 3 heteroatoms. The van der Waals surface area contributed by atoms with E-state index in [4.69, 9.17) is 4.74 Å². The largest absolute Gasteiger partial charge is 0.498 e. The highest BCUT2D eigenvalue weighted by molar-refractivity contribution is 14.1. The molecule has 84 valence electrons. The van der Waals surface area contributed by atoms with Gasteiger partial charge in [-0.2, -0.15) is 0 Å². The van der Waals surface area contributed by atoms with Gasteiger partial charge in [-0.25, -0.2) is 0 Å². The third kappa shape index (κ3) is 5.86. The van der Waals surface area contributed by atoms with Crippen LogP contribution < -0.4 is 5.32 Å². The molecular formula is C11H22INO. The second-order valence-electron chi connectivity index (χ2n) is 4.04. The summed E-state index contributed by atoms with van der Waals surface area (Å²) in [6, 6.07) is 0. The van der Waals surface area contributed by atoms with Gasteiger partial charge in [0.05, 0.1) is 12.4 Å². The SMILES string of the molecule is C=C(OCCC)C(C)(C)CCNCI. The zero-order chi connectivity index (χ0) is 11.0. The van der Waals surface area contributed by atoms with Crippen LogP contribution in [0.2, 0.25) is 0 Å². The van der Waals surface area contributed by atoms with E-state index in [2.05, 4.69) is 55.3 Å². The summed E-state index contributed by atoms with van der Waals surface area (Å²) >= 11 is 2.31. The van der Waals surface area contributed by atoms with Crippen molar-refractivity contribution in [2.75, 3.05) is 17.7 Å². The molecule has 1 N–H and O–H groups in total. The lowest BCUT2D eigenvalue weighted by Crippen LogP contribution is -2.24. The minimum atomic E-state index is 0.0774. The van der Waals surface area contributed by atoms with Crippen LogP contribution in [0.1, 0.15) is 33.6 Å². The Balaban J connectivity index is 3.83. The summed E-state index contributed by atoms with van der Waals surface area (Å²) in [6.07, 6.45) is 2.11. The van der Waals surface area contributed by atoms with Gasteiger partial charge >= 0.3 is 0 Å². The number of halogens is 1. The molecule has 0 radical (unpaired) electrons. The van der Waals surface area contributed by atoms with Crippen molar-refractivity contribution in [3.8, 4) is 0 Å². The Morgan fingerprint density at radius 1 is 1.50 bits per heavy atom. The predicted molar refractivity (Wildman–Crippen MR) is 70.7 cm³/mol. The first-order valence-electron chi connectivity index (χ1n) is 5.13. The van der Waals surface area contributed by atoms with Crippen molar-refractivity contribution in [1.82, 2.24) is 5.32 Å². The molecule has 0 fully saturated rings. The van der Waals surface area contributed by atoms with Gasteiger partial charge in [0.15, 0.2) is 0 Å². The maximum atomic E-state index is 5.56. The summed E-state index contributed by atoms with van der Waals surface area (Å²) in [6.45, 7) is 12.3. The second kappa shape index (κ2) is 7.51. The van der Waals surface area contributed by atoms with Crippen molar-refractivity contribution in [2.45, 2.75) is 33.6 Å². The Labute approximate surface area is 102 Å². The van der Waals surface area contributed by atoms with E-state index >= 15 is 0 Å². The van der Waals surface area contributed by atoms with Crippen LogP contribution in [-0.2, 0) is 4.74 Å². The fourth-order valence-corrected chi connectivity index (χ4v) is 1.41. The summed E-state index contributed by atoms with van der Waals surface area (Å²) < 4.78 is 6.56. The van der Waals surface area contributed by atoms with Crippen LogP contribution in [0.5, 0.6) is 0 Å². The van der Waals surface area contributed by atoms with Gasteiger partial charge in [0.2, 0.25) is 0 Å².